The van der Waals surface area contributed by atoms with Crippen molar-refractivity contribution in [3.63, 3.8) is 0 Å². The van der Waals surface area contributed by atoms with Crippen LogP contribution < -0.4 is 5.32 Å². The molecule has 2 fully saturated rings. The number of nitrogens with zero attached hydrogens (tertiary/aromatic N) is 2. The summed E-state index contributed by atoms with van der Waals surface area (Å²) in [6.07, 6.45) is 2.65. The van der Waals surface area contributed by atoms with Gasteiger partial charge in [-0.15, -0.1) is 0 Å². The minimum Gasteiger partial charge on any atom is -0.375 e. The molecule has 2 aliphatic rings. The van der Waals surface area contributed by atoms with Gasteiger partial charge in [0, 0.05) is 26.2 Å². The Kier molecular flexibility index (Phi) is 6.10. The highest BCUT2D eigenvalue weighted by atomic mass is 16.5. The van der Waals surface area contributed by atoms with Crippen molar-refractivity contribution < 1.29 is 9.47 Å². The lowest BCUT2D eigenvalue weighted by molar-refractivity contribution is -0.0817. The van der Waals surface area contributed by atoms with E-state index >= 15 is 0 Å². The Hall–Kier alpha value is -1.59. The minimum atomic E-state index is 0.157. The Labute approximate surface area is 145 Å². The Morgan fingerprint density at radius 3 is 2.71 bits per heavy atom. The van der Waals surface area contributed by atoms with Gasteiger partial charge in [0.05, 0.1) is 19.3 Å². The molecule has 0 spiro atoms. The summed E-state index contributed by atoms with van der Waals surface area (Å²) in [4.78, 5) is 7.15. The predicted octanol–water partition coefficient (Wildman–Crippen LogP) is 2.34. The second-order valence-electron chi connectivity index (χ2n) is 6.56. The molecule has 1 N–H and O–H groups in total. The van der Waals surface area contributed by atoms with Gasteiger partial charge in [0.15, 0.2) is 5.96 Å². The summed E-state index contributed by atoms with van der Waals surface area (Å²) in [5.41, 5.74) is 2.52. The zero-order valence-corrected chi connectivity index (χ0v) is 14.8. The van der Waals surface area contributed by atoms with Crippen LogP contribution in [0.15, 0.2) is 29.3 Å². The number of hydrogen-bond donors (Lipinski definition) is 1. The maximum atomic E-state index is 5.95. The van der Waals surface area contributed by atoms with E-state index in [4.69, 9.17) is 14.5 Å². The number of hydrogen-bond acceptors (Lipinski definition) is 3. The first-order chi connectivity index (χ1) is 11.8. The van der Waals surface area contributed by atoms with E-state index in [0.29, 0.717) is 6.54 Å². The largest absolute Gasteiger partial charge is 0.375 e. The van der Waals surface area contributed by atoms with E-state index in [9.17, 15) is 0 Å². The van der Waals surface area contributed by atoms with E-state index in [1.165, 1.54) is 11.1 Å². The Balaban J connectivity index is 1.64. The van der Waals surface area contributed by atoms with Gasteiger partial charge in [-0.1, -0.05) is 29.8 Å². The number of benzene rings is 1. The van der Waals surface area contributed by atoms with Crippen LogP contribution in [0.1, 0.15) is 30.9 Å². The van der Waals surface area contributed by atoms with Crippen LogP contribution in [0.25, 0.3) is 0 Å². The zero-order chi connectivity index (χ0) is 16.8. The molecule has 0 aliphatic carbocycles. The third kappa shape index (κ3) is 4.48. The van der Waals surface area contributed by atoms with Crippen molar-refractivity contribution in [3.05, 3.63) is 35.4 Å². The highest BCUT2D eigenvalue weighted by Crippen LogP contribution is 2.21. The van der Waals surface area contributed by atoms with E-state index in [1.807, 2.05) is 0 Å². The number of rotatable bonds is 4. The van der Waals surface area contributed by atoms with E-state index in [-0.39, 0.29) is 12.2 Å². The summed E-state index contributed by atoms with van der Waals surface area (Å²) in [6, 6.07) is 8.58. The van der Waals surface area contributed by atoms with Crippen LogP contribution in [0.4, 0.5) is 0 Å². The average Bonchev–Trinajstić information content (AvgIpc) is 3.15. The van der Waals surface area contributed by atoms with Gasteiger partial charge < -0.3 is 19.7 Å². The highest BCUT2D eigenvalue weighted by molar-refractivity contribution is 5.80. The first-order valence-electron chi connectivity index (χ1n) is 9.08. The zero-order valence-electron chi connectivity index (χ0n) is 14.8. The van der Waals surface area contributed by atoms with E-state index in [2.05, 4.69) is 48.3 Å². The molecule has 0 saturated carbocycles. The van der Waals surface area contributed by atoms with Gasteiger partial charge >= 0.3 is 0 Å². The van der Waals surface area contributed by atoms with Gasteiger partial charge in [-0.25, -0.2) is 4.99 Å². The summed E-state index contributed by atoms with van der Waals surface area (Å²) in [5, 5.41) is 3.42. The molecule has 1 aromatic carbocycles. The Bertz CT molecular complexity index is 538. The fourth-order valence-corrected chi connectivity index (χ4v) is 3.27. The molecule has 0 aromatic heterocycles. The van der Waals surface area contributed by atoms with E-state index < -0.39 is 0 Å². The maximum Gasteiger partial charge on any atom is 0.194 e. The fraction of sp³-hybridized carbons (Fsp3) is 0.632. The van der Waals surface area contributed by atoms with Crippen LogP contribution in [-0.2, 0) is 16.0 Å². The summed E-state index contributed by atoms with van der Waals surface area (Å²) in [5.74, 6) is 0.976. The van der Waals surface area contributed by atoms with Crippen LogP contribution in [0, 0.1) is 6.92 Å². The number of aryl methyl sites for hydroxylation is 1. The number of nitrogens with one attached hydrogen (secondary N) is 1. The first kappa shape index (κ1) is 17.2. The van der Waals surface area contributed by atoms with Crippen LogP contribution in [0.2, 0.25) is 0 Å². The molecular formula is C19H29N3O2. The number of morpholine rings is 1. The molecule has 1 aromatic rings. The molecule has 2 atom stereocenters. The third-order valence-electron chi connectivity index (χ3n) is 4.64. The van der Waals surface area contributed by atoms with Crippen molar-refractivity contribution in [1.29, 1.82) is 0 Å². The molecule has 5 heteroatoms. The second kappa shape index (κ2) is 8.49. The number of guanidine groups is 1. The first-order valence-corrected chi connectivity index (χ1v) is 9.08. The Morgan fingerprint density at radius 2 is 2.00 bits per heavy atom. The lowest BCUT2D eigenvalue weighted by atomic mass is 10.1. The predicted molar refractivity (Wildman–Crippen MR) is 96.3 cm³/mol. The summed E-state index contributed by atoms with van der Waals surface area (Å²) < 4.78 is 11.8. The molecule has 3 rings (SSSR count). The third-order valence-corrected chi connectivity index (χ3v) is 4.64. The molecule has 2 aliphatic heterocycles. The van der Waals surface area contributed by atoms with Gasteiger partial charge in [0.25, 0.3) is 0 Å². The number of aliphatic imine (C=N–C) groups is 1. The van der Waals surface area contributed by atoms with Crippen LogP contribution in [0.5, 0.6) is 0 Å². The fourth-order valence-electron chi connectivity index (χ4n) is 3.27. The lowest BCUT2D eigenvalue weighted by Gasteiger charge is -2.37. The average molecular weight is 331 g/mol. The molecule has 132 valence electrons. The van der Waals surface area contributed by atoms with Gasteiger partial charge in [-0.2, -0.15) is 0 Å². The van der Waals surface area contributed by atoms with Crippen LogP contribution in [-0.4, -0.2) is 55.9 Å². The quantitative estimate of drug-likeness (QED) is 0.679. The molecule has 2 unspecified atom stereocenters. The molecule has 2 heterocycles. The molecule has 0 amide bonds. The summed E-state index contributed by atoms with van der Waals surface area (Å²) in [7, 11) is 0. The van der Waals surface area contributed by atoms with Crippen molar-refractivity contribution >= 4 is 5.96 Å². The van der Waals surface area contributed by atoms with Gasteiger partial charge in [-0.3, -0.25) is 0 Å². The SMILES string of the molecule is CCNC(=NCc1ccc(C)cc1)N1CCOC(C2CCCO2)C1. The van der Waals surface area contributed by atoms with Crippen molar-refractivity contribution in [3.8, 4) is 0 Å². The highest BCUT2D eigenvalue weighted by Gasteiger charge is 2.32. The standard InChI is InChI=1S/C19H29N3O2/c1-3-20-19(21-13-16-8-6-15(2)7-9-16)22-10-12-24-18(14-22)17-5-4-11-23-17/h6-9,17-18H,3-5,10-14H2,1-2H3,(H,20,21). The van der Waals surface area contributed by atoms with E-state index in [1.54, 1.807) is 0 Å². The topological polar surface area (TPSA) is 46.1 Å². The monoisotopic (exact) mass is 331 g/mol. The van der Waals surface area contributed by atoms with Gasteiger partial charge in [0.2, 0.25) is 0 Å². The van der Waals surface area contributed by atoms with Crippen LogP contribution >= 0.6 is 0 Å². The maximum absolute atomic E-state index is 5.95. The summed E-state index contributed by atoms with van der Waals surface area (Å²) in [6.45, 7) is 9.12. The Morgan fingerprint density at radius 1 is 1.21 bits per heavy atom. The molecular weight excluding hydrogens is 302 g/mol. The molecule has 5 nitrogen and oxygen atoms in total. The van der Waals surface area contributed by atoms with Crippen molar-refractivity contribution in [1.82, 2.24) is 10.2 Å². The van der Waals surface area contributed by atoms with Crippen molar-refractivity contribution in [2.45, 2.75) is 45.4 Å². The van der Waals surface area contributed by atoms with E-state index in [0.717, 1.165) is 51.6 Å². The molecule has 2 saturated heterocycles. The molecule has 24 heavy (non-hydrogen) atoms. The van der Waals surface area contributed by atoms with Crippen LogP contribution in [0.3, 0.4) is 0 Å². The van der Waals surface area contributed by atoms with Gasteiger partial charge in [0.1, 0.15) is 6.10 Å². The summed E-state index contributed by atoms with van der Waals surface area (Å²) >= 11 is 0. The lowest BCUT2D eigenvalue weighted by Crippen LogP contribution is -2.53. The normalized spacial score (nSPS) is 25.1. The van der Waals surface area contributed by atoms with Gasteiger partial charge in [-0.05, 0) is 32.3 Å². The van der Waals surface area contributed by atoms with Crippen molar-refractivity contribution in [2.75, 3.05) is 32.8 Å². The number of ether oxygens (including phenoxy) is 2. The minimum absolute atomic E-state index is 0.157. The smallest absolute Gasteiger partial charge is 0.194 e. The molecule has 0 radical (unpaired) electrons. The second-order valence-corrected chi connectivity index (χ2v) is 6.56. The van der Waals surface area contributed by atoms with Crippen molar-refractivity contribution in [2.24, 2.45) is 4.99 Å². The molecule has 0 bridgehead atoms.